The zero-order valence-electron chi connectivity index (χ0n) is 14.0. The Bertz CT molecular complexity index is 942. The molecule has 1 aliphatic heterocycles. The van der Waals surface area contributed by atoms with Crippen molar-refractivity contribution in [2.75, 3.05) is 11.9 Å². The maximum Gasteiger partial charge on any atom is 0.396 e. The molecule has 0 atom stereocenters. The van der Waals surface area contributed by atoms with E-state index in [1.165, 1.54) is 27.8 Å². The third-order valence-corrected chi connectivity index (χ3v) is 4.88. The van der Waals surface area contributed by atoms with Crippen LogP contribution in [0.3, 0.4) is 0 Å². The van der Waals surface area contributed by atoms with Gasteiger partial charge >= 0.3 is 6.85 Å². The summed E-state index contributed by atoms with van der Waals surface area (Å²) >= 11 is 0. The largest absolute Gasteiger partial charge is 0.455 e. The van der Waals surface area contributed by atoms with Crippen LogP contribution in [0, 0.1) is 13.8 Å². The highest BCUT2D eigenvalue weighted by molar-refractivity contribution is 6.81. The lowest BCUT2D eigenvalue weighted by Gasteiger charge is -2.26. The van der Waals surface area contributed by atoms with Crippen molar-refractivity contribution in [2.45, 2.75) is 13.8 Å². The van der Waals surface area contributed by atoms with Gasteiger partial charge in [-0.05, 0) is 44.7 Å². The van der Waals surface area contributed by atoms with Crippen LogP contribution in [0.25, 0.3) is 17.0 Å². The van der Waals surface area contributed by atoms with Gasteiger partial charge in [0.15, 0.2) is 11.8 Å². The Morgan fingerprint density at radius 2 is 1.91 bits per heavy atom. The summed E-state index contributed by atoms with van der Waals surface area (Å²) < 4.78 is 8.21. The van der Waals surface area contributed by atoms with E-state index >= 15 is 0 Å². The van der Waals surface area contributed by atoms with Crippen molar-refractivity contribution in [1.82, 2.24) is 0 Å². The van der Waals surface area contributed by atoms with Crippen LogP contribution in [0.15, 0.2) is 46.9 Å². The second kappa shape index (κ2) is 5.02. The van der Waals surface area contributed by atoms with Crippen molar-refractivity contribution < 1.29 is 8.98 Å². The fraction of sp³-hybridized carbons (Fsp3) is 0.211. The van der Waals surface area contributed by atoms with Crippen molar-refractivity contribution in [3.05, 3.63) is 59.4 Å². The van der Waals surface area contributed by atoms with Crippen molar-refractivity contribution in [3.8, 4) is 0 Å². The highest BCUT2D eigenvalue weighted by Crippen LogP contribution is 2.36. The molecular weight excluding hydrogens is 283 g/mol. The van der Waals surface area contributed by atoms with E-state index in [1.54, 1.807) is 0 Å². The molecule has 114 valence electrons. The first-order valence-electron chi connectivity index (χ1n) is 7.95. The maximum atomic E-state index is 5.98. The Balaban J connectivity index is 1.87. The molecular formula is C19H20BN2O+. The fourth-order valence-corrected chi connectivity index (χ4v) is 3.47. The second-order valence-corrected chi connectivity index (χ2v) is 6.40. The van der Waals surface area contributed by atoms with Gasteiger partial charge in [-0.3, -0.25) is 0 Å². The number of hydrogen-bond donors (Lipinski definition) is 0. The van der Waals surface area contributed by atoms with Crippen LogP contribution >= 0.6 is 0 Å². The number of hydrogen-bond acceptors (Lipinski definition) is 2. The molecule has 0 radical (unpaired) electrons. The topological polar surface area (TPSA) is 20.3 Å². The SMILES string of the molecule is Cc1cc(B2C=Cc3oc4ccccc4c3N2C)[n+](C)cc1C. The molecule has 4 heteroatoms. The van der Waals surface area contributed by atoms with E-state index < -0.39 is 0 Å². The van der Waals surface area contributed by atoms with Crippen molar-refractivity contribution >= 4 is 35.2 Å². The number of rotatable bonds is 1. The number of pyridine rings is 1. The number of aryl methyl sites for hydroxylation is 3. The number of aromatic nitrogens is 1. The Morgan fingerprint density at radius 3 is 2.74 bits per heavy atom. The van der Waals surface area contributed by atoms with Crippen LogP contribution in [-0.2, 0) is 7.05 Å². The predicted octanol–water partition coefficient (Wildman–Crippen LogP) is 2.78. The highest BCUT2D eigenvalue weighted by atomic mass is 16.3. The van der Waals surface area contributed by atoms with Crippen LogP contribution in [0.5, 0.6) is 0 Å². The summed E-state index contributed by atoms with van der Waals surface area (Å²) in [5, 5.41) is 1.17. The lowest BCUT2D eigenvalue weighted by Crippen LogP contribution is -2.60. The molecule has 0 unspecified atom stereocenters. The number of anilines is 1. The minimum atomic E-state index is 0.202. The standard InChI is InChI=1S/C19H20BN2O/c1-13-11-18(21(3)12-14(13)2)20-10-9-17-19(22(20)4)15-7-5-6-8-16(15)23-17/h5-12H,1-4H3/q+1. The molecule has 0 fully saturated rings. The number of nitrogens with zero attached hydrogens (tertiary/aromatic N) is 2. The van der Waals surface area contributed by atoms with Gasteiger partial charge in [0.2, 0.25) is 0 Å². The molecule has 1 aliphatic rings. The van der Waals surface area contributed by atoms with Crippen LogP contribution < -0.4 is 15.0 Å². The van der Waals surface area contributed by atoms with E-state index in [0.717, 1.165) is 11.3 Å². The summed E-state index contributed by atoms with van der Waals surface area (Å²) in [6.45, 7) is 4.53. The summed E-state index contributed by atoms with van der Waals surface area (Å²) in [4.78, 5) is 2.31. The maximum absolute atomic E-state index is 5.98. The summed E-state index contributed by atoms with van der Waals surface area (Å²) in [5.41, 5.74) is 6.03. The summed E-state index contributed by atoms with van der Waals surface area (Å²) in [6, 6.07) is 10.5. The molecule has 0 amide bonds. The van der Waals surface area contributed by atoms with Gasteiger partial charge in [0.05, 0.1) is 5.69 Å². The molecule has 3 nitrogen and oxygen atoms in total. The van der Waals surface area contributed by atoms with Crippen molar-refractivity contribution in [1.29, 1.82) is 0 Å². The molecule has 23 heavy (non-hydrogen) atoms. The lowest BCUT2D eigenvalue weighted by molar-refractivity contribution is -0.654. The first-order valence-corrected chi connectivity index (χ1v) is 7.95. The van der Waals surface area contributed by atoms with E-state index in [4.69, 9.17) is 4.42 Å². The number of furan rings is 1. The normalized spacial score (nSPS) is 13.7. The smallest absolute Gasteiger partial charge is 0.396 e. The molecule has 0 spiro atoms. The first kappa shape index (κ1) is 14.1. The average Bonchev–Trinajstić information content (AvgIpc) is 2.91. The minimum Gasteiger partial charge on any atom is -0.455 e. The summed E-state index contributed by atoms with van der Waals surface area (Å²) in [5.74, 6) is 3.16. The van der Waals surface area contributed by atoms with Gasteiger partial charge in [-0.15, -0.1) is 0 Å². The van der Waals surface area contributed by atoms with E-state index in [0.29, 0.717) is 0 Å². The molecule has 0 N–H and O–H groups in total. The summed E-state index contributed by atoms with van der Waals surface area (Å²) in [7, 11) is 4.26. The van der Waals surface area contributed by atoms with Gasteiger partial charge in [-0.2, -0.15) is 0 Å². The zero-order valence-corrected chi connectivity index (χ0v) is 14.0. The zero-order chi connectivity index (χ0) is 16.1. The van der Waals surface area contributed by atoms with E-state index in [2.05, 4.69) is 73.8 Å². The van der Waals surface area contributed by atoms with Crippen LogP contribution in [-0.4, -0.2) is 13.9 Å². The molecule has 2 aromatic heterocycles. The Morgan fingerprint density at radius 1 is 1.13 bits per heavy atom. The number of fused-ring (bicyclic) bond motifs is 3. The molecule has 3 heterocycles. The molecule has 0 aliphatic carbocycles. The Hall–Kier alpha value is -2.49. The van der Waals surface area contributed by atoms with E-state index in [1.807, 2.05) is 12.1 Å². The van der Waals surface area contributed by atoms with Crippen LogP contribution in [0.1, 0.15) is 16.9 Å². The fourth-order valence-electron chi connectivity index (χ4n) is 3.47. The van der Waals surface area contributed by atoms with Gasteiger partial charge < -0.3 is 9.23 Å². The molecule has 1 aromatic carbocycles. The minimum absolute atomic E-state index is 0.202. The first-order chi connectivity index (χ1) is 11.1. The Labute approximate surface area is 136 Å². The Kier molecular flexibility index (Phi) is 3.08. The number of para-hydroxylation sites is 1. The van der Waals surface area contributed by atoms with Gasteiger partial charge in [0.1, 0.15) is 18.4 Å². The highest BCUT2D eigenvalue weighted by Gasteiger charge is 2.35. The van der Waals surface area contributed by atoms with E-state index in [-0.39, 0.29) is 6.85 Å². The van der Waals surface area contributed by atoms with Gasteiger partial charge in [-0.25, -0.2) is 4.57 Å². The molecule has 3 aromatic rings. The molecule has 0 saturated heterocycles. The molecule has 0 bridgehead atoms. The van der Waals surface area contributed by atoms with Gasteiger partial charge in [0, 0.05) is 17.0 Å². The lowest BCUT2D eigenvalue weighted by atomic mass is 9.55. The van der Waals surface area contributed by atoms with Crippen LogP contribution in [0.2, 0.25) is 0 Å². The third kappa shape index (κ3) is 2.09. The summed E-state index contributed by atoms with van der Waals surface area (Å²) in [6.07, 6.45) is 4.31. The van der Waals surface area contributed by atoms with Crippen LogP contribution in [0.4, 0.5) is 5.69 Å². The average molecular weight is 303 g/mol. The molecule has 4 rings (SSSR count). The van der Waals surface area contributed by atoms with Crippen molar-refractivity contribution in [3.63, 3.8) is 0 Å². The second-order valence-electron chi connectivity index (χ2n) is 6.40. The monoisotopic (exact) mass is 303 g/mol. The number of benzene rings is 1. The quantitative estimate of drug-likeness (QED) is 0.509. The predicted molar refractivity (Wildman–Crippen MR) is 96.1 cm³/mol. The molecule has 0 saturated carbocycles. The van der Waals surface area contributed by atoms with Gasteiger partial charge in [0.25, 0.3) is 0 Å². The van der Waals surface area contributed by atoms with E-state index in [9.17, 15) is 0 Å². The third-order valence-electron chi connectivity index (χ3n) is 4.88. The van der Waals surface area contributed by atoms with Crippen molar-refractivity contribution in [2.24, 2.45) is 7.05 Å². The van der Waals surface area contributed by atoms with Gasteiger partial charge in [-0.1, -0.05) is 18.1 Å².